The van der Waals surface area contributed by atoms with Gasteiger partial charge < -0.3 is 16.2 Å². The Hall–Kier alpha value is -2.64. The number of carbonyl (C=O) groups is 3. The second kappa shape index (κ2) is 5.16. The van der Waals surface area contributed by atoms with Gasteiger partial charge in [-0.3, -0.25) is 14.9 Å². The largest absolute Gasteiger partial charge is 0.478 e. The number of carboxylic acid groups (broad SMARTS) is 1. The number of aromatic carboxylic acids is 1. The van der Waals surface area contributed by atoms with Crippen LogP contribution in [0.4, 0.5) is 15.8 Å². The van der Waals surface area contributed by atoms with Crippen molar-refractivity contribution < 1.29 is 23.9 Å². The number of nitrogens with two attached hydrogens (primary N) is 1. The van der Waals surface area contributed by atoms with Gasteiger partial charge in [0.05, 0.1) is 16.9 Å². The maximum absolute atomic E-state index is 13.6. The number of benzene rings is 1. The zero-order valence-electron chi connectivity index (χ0n) is 10.3. The minimum absolute atomic E-state index is 0.00787. The first-order chi connectivity index (χ1) is 9.38. The van der Waals surface area contributed by atoms with E-state index < -0.39 is 29.3 Å². The molecule has 106 valence electrons. The third kappa shape index (κ3) is 2.68. The molecular formula is C12H12FN3O4. The van der Waals surface area contributed by atoms with Crippen LogP contribution in [0, 0.1) is 5.82 Å². The molecule has 0 radical (unpaired) electrons. The lowest BCUT2D eigenvalue weighted by Gasteiger charge is -2.23. The van der Waals surface area contributed by atoms with Crippen LogP contribution in [0.2, 0.25) is 0 Å². The van der Waals surface area contributed by atoms with Gasteiger partial charge in [-0.25, -0.2) is 9.18 Å². The highest BCUT2D eigenvalue weighted by Gasteiger charge is 2.27. The van der Waals surface area contributed by atoms with E-state index in [1.807, 2.05) is 0 Å². The molecule has 1 heterocycles. The summed E-state index contributed by atoms with van der Waals surface area (Å²) in [6.07, 6.45) is 0.422. The Balaban J connectivity index is 2.22. The van der Waals surface area contributed by atoms with Crippen LogP contribution < -0.4 is 16.4 Å². The molecule has 0 aromatic heterocycles. The van der Waals surface area contributed by atoms with Gasteiger partial charge in [0.25, 0.3) is 0 Å². The minimum atomic E-state index is -1.43. The first kappa shape index (κ1) is 13.8. The fourth-order valence-corrected chi connectivity index (χ4v) is 1.90. The lowest BCUT2D eigenvalue weighted by Crippen LogP contribution is -2.47. The number of nitrogens with one attached hydrogen (secondary N) is 2. The summed E-state index contributed by atoms with van der Waals surface area (Å²) in [6, 6.07) is 1.18. The highest BCUT2D eigenvalue weighted by atomic mass is 19.1. The monoisotopic (exact) mass is 281 g/mol. The topological polar surface area (TPSA) is 122 Å². The predicted molar refractivity (Wildman–Crippen MR) is 67.6 cm³/mol. The second-order valence-corrected chi connectivity index (χ2v) is 4.37. The van der Waals surface area contributed by atoms with Gasteiger partial charge in [-0.15, -0.1) is 0 Å². The highest BCUT2D eigenvalue weighted by Crippen LogP contribution is 2.25. The van der Waals surface area contributed by atoms with Gasteiger partial charge in [0.15, 0.2) is 0 Å². The van der Waals surface area contributed by atoms with Gasteiger partial charge in [0, 0.05) is 6.42 Å². The molecule has 0 spiro atoms. The van der Waals surface area contributed by atoms with Crippen molar-refractivity contribution in [3.8, 4) is 0 Å². The van der Waals surface area contributed by atoms with Crippen molar-refractivity contribution >= 4 is 29.2 Å². The maximum Gasteiger partial charge on any atom is 0.338 e. The van der Waals surface area contributed by atoms with Crippen molar-refractivity contribution in [2.75, 3.05) is 11.1 Å². The molecule has 1 fully saturated rings. The molecule has 5 N–H and O–H groups in total. The third-order valence-electron chi connectivity index (χ3n) is 2.94. The molecule has 1 aliphatic heterocycles. The number of nitrogen functional groups attached to an aromatic ring is 1. The summed E-state index contributed by atoms with van der Waals surface area (Å²) >= 11 is 0. The Morgan fingerprint density at radius 3 is 2.75 bits per heavy atom. The molecule has 1 aliphatic rings. The number of carbonyl (C=O) groups excluding carboxylic acids is 2. The van der Waals surface area contributed by atoms with Crippen LogP contribution >= 0.6 is 0 Å². The molecule has 1 unspecified atom stereocenters. The van der Waals surface area contributed by atoms with Crippen LogP contribution in [0.3, 0.4) is 0 Å². The quantitative estimate of drug-likeness (QED) is 0.467. The number of hydrogen-bond acceptors (Lipinski definition) is 5. The van der Waals surface area contributed by atoms with Crippen LogP contribution in [0.15, 0.2) is 12.1 Å². The molecule has 2 rings (SSSR count). The molecule has 2 amide bonds. The summed E-state index contributed by atoms with van der Waals surface area (Å²) < 4.78 is 13.6. The molecule has 7 nitrogen and oxygen atoms in total. The zero-order valence-corrected chi connectivity index (χ0v) is 10.3. The number of amides is 2. The van der Waals surface area contributed by atoms with Crippen molar-refractivity contribution in [2.45, 2.75) is 18.9 Å². The Bertz CT molecular complexity index is 603. The number of hydrogen-bond donors (Lipinski definition) is 4. The summed E-state index contributed by atoms with van der Waals surface area (Å²) in [4.78, 5) is 33.3. The SMILES string of the molecule is Nc1cc(C(=O)O)c(F)cc1NC1CCC(=O)NC1=O. The summed E-state index contributed by atoms with van der Waals surface area (Å²) in [5.41, 5.74) is 5.20. The van der Waals surface area contributed by atoms with Crippen molar-refractivity contribution in [1.29, 1.82) is 0 Å². The zero-order chi connectivity index (χ0) is 14.9. The van der Waals surface area contributed by atoms with E-state index in [9.17, 15) is 18.8 Å². The first-order valence-electron chi connectivity index (χ1n) is 5.81. The number of rotatable bonds is 3. The van der Waals surface area contributed by atoms with E-state index in [2.05, 4.69) is 10.6 Å². The Morgan fingerprint density at radius 2 is 2.15 bits per heavy atom. The van der Waals surface area contributed by atoms with Crippen LogP contribution in [0.25, 0.3) is 0 Å². The normalized spacial score (nSPS) is 18.6. The van der Waals surface area contributed by atoms with E-state index in [1.165, 1.54) is 0 Å². The average Bonchev–Trinajstić information content (AvgIpc) is 2.36. The van der Waals surface area contributed by atoms with Crippen LogP contribution in [0.1, 0.15) is 23.2 Å². The van der Waals surface area contributed by atoms with Gasteiger partial charge in [0.1, 0.15) is 11.9 Å². The highest BCUT2D eigenvalue weighted by molar-refractivity contribution is 6.01. The maximum atomic E-state index is 13.6. The molecule has 1 aromatic carbocycles. The lowest BCUT2D eigenvalue weighted by molar-refractivity contribution is -0.133. The van der Waals surface area contributed by atoms with Gasteiger partial charge in [-0.1, -0.05) is 0 Å². The number of anilines is 2. The summed E-state index contributed by atoms with van der Waals surface area (Å²) in [7, 11) is 0. The Kier molecular flexibility index (Phi) is 3.55. The molecule has 1 aromatic rings. The van der Waals surface area contributed by atoms with Crippen molar-refractivity contribution in [1.82, 2.24) is 5.32 Å². The fraction of sp³-hybridized carbons (Fsp3) is 0.250. The summed E-state index contributed by atoms with van der Waals surface area (Å²) in [5.74, 6) is -3.28. The predicted octanol–water partition coefficient (Wildman–Crippen LogP) is 0.323. The fourth-order valence-electron chi connectivity index (χ4n) is 1.90. The molecule has 0 bridgehead atoms. The third-order valence-corrected chi connectivity index (χ3v) is 2.94. The van der Waals surface area contributed by atoms with Crippen molar-refractivity contribution in [3.05, 3.63) is 23.5 Å². The average molecular weight is 281 g/mol. The number of halogens is 1. The van der Waals surface area contributed by atoms with E-state index in [-0.39, 0.29) is 30.1 Å². The molecule has 0 aliphatic carbocycles. The van der Waals surface area contributed by atoms with Crippen LogP contribution in [0.5, 0.6) is 0 Å². The van der Waals surface area contributed by atoms with Crippen LogP contribution in [-0.2, 0) is 9.59 Å². The van der Waals surface area contributed by atoms with Gasteiger partial charge in [-0.05, 0) is 18.6 Å². The van der Waals surface area contributed by atoms with E-state index >= 15 is 0 Å². The number of piperidine rings is 1. The van der Waals surface area contributed by atoms with Gasteiger partial charge >= 0.3 is 5.97 Å². The standard InChI is InChI=1S/C12H12FN3O4/c13-6-4-9(7(14)3-5(6)12(19)20)15-8-1-2-10(17)16-11(8)18/h3-4,8,15H,1-2,14H2,(H,19,20)(H,16,17,18). The van der Waals surface area contributed by atoms with Crippen molar-refractivity contribution in [2.24, 2.45) is 0 Å². The van der Waals surface area contributed by atoms with E-state index in [0.717, 1.165) is 12.1 Å². The number of imide groups is 1. The van der Waals surface area contributed by atoms with E-state index in [1.54, 1.807) is 0 Å². The van der Waals surface area contributed by atoms with E-state index in [4.69, 9.17) is 10.8 Å². The Morgan fingerprint density at radius 1 is 1.45 bits per heavy atom. The summed E-state index contributed by atoms with van der Waals surface area (Å²) in [5, 5.41) is 13.6. The molecule has 1 saturated heterocycles. The Labute approximate surface area is 112 Å². The summed E-state index contributed by atoms with van der Waals surface area (Å²) in [6.45, 7) is 0. The smallest absolute Gasteiger partial charge is 0.338 e. The molecule has 8 heteroatoms. The van der Waals surface area contributed by atoms with Crippen molar-refractivity contribution in [3.63, 3.8) is 0 Å². The molecule has 20 heavy (non-hydrogen) atoms. The van der Waals surface area contributed by atoms with E-state index in [0.29, 0.717) is 0 Å². The molecular weight excluding hydrogens is 269 g/mol. The van der Waals surface area contributed by atoms with Crippen LogP contribution in [-0.4, -0.2) is 28.9 Å². The lowest BCUT2D eigenvalue weighted by atomic mass is 10.0. The minimum Gasteiger partial charge on any atom is -0.478 e. The second-order valence-electron chi connectivity index (χ2n) is 4.37. The van der Waals surface area contributed by atoms with Gasteiger partial charge in [0.2, 0.25) is 11.8 Å². The first-order valence-corrected chi connectivity index (χ1v) is 5.81. The molecule has 0 saturated carbocycles. The van der Waals surface area contributed by atoms with Gasteiger partial charge in [-0.2, -0.15) is 0 Å². The number of carboxylic acids is 1. The molecule has 1 atom stereocenters.